The number of nitrogens with zero attached hydrogens (tertiary/aromatic N) is 2. The Morgan fingerprint density at radius 3 is 2.89 bits per heavy atom. The number of hydrogen-bond donors (Lipinski definition) is 2. The highest BCUT2D eigenvalue weighted by Crippen LogP contribution is 2.35. The third-order valence-corrected chi connectivity index (χ3v) is 5.46. The molecule has 0 unspecified atom stereocenters. The first-order chi connectivity index (χ1) is 13.3. The SMILES string of the molecule is O=C(Nc1c[nH]c2ncc(-c3csc4ccccc34)cc12)c1cccnc1. The molecule has 0 fully saturated rings. The smallest absolute Gasteiger partial charge is 0.257 e. The predicted octanol–water partition coefficient (Wildman–Crippen LogP) is 5.09. The van der Waals surface area contributed by atoms with Crippen LogP contribution in [0, 0.1) is 0 Å². The van der Waals surface area contributed by atoms with Gasteiger partial charge in [-0.05, 0) is 29.6 Å². The zero-order chi connectivity index (χ0) is 18.2. The van der Waals surface area contributed by atoms with Crippen LogP contribution in [0.3, 0.4) is 0 Å². The summed E-state index contributed by atoms with van der Waals surface area (Å²) in [6.07, 6.45) is 6.82. The molecule has 0 bridgehead atoms. The Balaban J connectivity index is 1.56. The number of fused-ring (bicyclic) bond motifs is 2. The summed E-state index contributed by atoms with van der Waals surface area (Å²) in [7, 11) is 0. The number of carbonyl (C=O) groups excluding carboxylic acids is 1. The minimum Gasteiger partial charge on any atom is -0.344 e. The molecule has 0 radical (unpaired) electrons. The van der Waals surface area contributed by atoms with Gasteiger partial charge < -0.3 is 10.3 Å². The van der Waals surface area contributed by atoms with Crippen molar-refractivity contribution in [3.05, 3.63) is 78.2 Å². The van der Waals surface area contributed by atoms with Crippen molar-refractivity contribution < 1.29 is 4.79 Å². The quantitative estimate of drug-likeness (QED) is 0.465. The Bertz CT molecular complexity index is 1270. The molecule has 0 saturated carbocycles. The largest absolute Gasteiger partial charge is 0.344 e. The zero-order valence-corrected chi connectivity index (χ0v) is 15.0. The summed E-state index contributed by atoms with van der Waals surface area (Å²) in [6.45, 7) is 0. The monoisotopic (exact) mass is 370 g/mol. The molecule has 27 heavy (non-hydrogen) atoms. The molecule has 0 atom stereocenters. The first-order valence-electron chi connectivity index (χ1n) is 8.45. The van der Waals surface area contributed by atoms with E-state index < -0.39 is 0 Å². The highest BCUT2D eigenvalue weighted by Gasteiger charge is 2.13. The lowest BCUT2D eigenvalue weighted by atomic mass is 10.1. The number of hydrogen-bond acceptors (Lipinski definition) is 4. The Hall–Kier alpha value is -3.51. The molecular weight excluding hydrogens is 356 g/mol. The third kappa shape index (κ3) is 2.76. The van der Waals surface area contributed by atoms with Gasteiger partial charge in [0.15, 0.2) is 0 Å². The van der Waals surface area contributed by atoms with Crippen LogP contribution in [0.15, 0.2) is 72.6 Å². The Morgan fingerprint density at radius 2 is 2.00 bits per heavy atom. The summed E-state index contributed by atoms with van der Waals surface area (Å²) < 4.78 is 1.24. The van der Waals surface area contributed by atoms with E-state index in [1.807, 2.05) is 18.3 Å². The number of benzene rings is 1. The van der Waals surface area contributed by atoms with Crippen LogP contribution >= 0.6 is 11.3 Å². The van der Waals surface area contributed by atoms with E-state index in [4.69, 9.17) is 0 Å². The number of H-pyrrole nitrogens is 1. The van der Waals surface area contributed by atoms with Gasteiger partial charge in [-0.25, -0.2) is 4.98 Å². The highest BCUT2D eigenvalue weighted by molar-refractivity contribution is 7.17. The molecule has 1 amide bonds. The van der Waals surface area contributed by atoms with Gasteiger partial charge >= 0.3 is 0 Å². The van der Waals surface area contributed by atoms with Crippen molar-refractivity contribution >= 4 is 44.1 Å². The number of amides is 1. The van der Waals surface area contributed by atoms with Crippen LogP contribution in [0.2, 0.25) is 0 Å². The lowest BCUT2D eigenvalue weighted by molar-refractivity contribution is 0.102. The molecule has 0 spiro atoms. The lowest BCUT2D eigenvalue weighted by Crippen LogP contribution is -2.11. The van der Waals surface area contributed by atoms with Crippen LogP contribution in [0.4, 0.5) is 5.69 Å². The van der Waals surface area contributed by atoms with Gasteiger partial charge in [0.05, 0.1) is 11.3 Å². The Labute approximate surface area is 158 Å². The Kier molecular flexibility index (Phi) is 3.69. The van der Waals surface area contributed by atoms with Crippen molar-refractivity contribution in [1.82, 2.24) is 15.0 Å². The average molecular weight is 370 g/mol. The second-order valence-electron chi connectivity index (χ2n) is 6.16. The minimum atomic E-state index is -0.199. The summed E-state index contributed by atoms with van der Waals surface area (Å²) in [4.78, 5) is 24.1. The normalized spacial score (nSPS) is 11.1. The van der Waals surface area contributed by atoms with Crippen molar-refractivity contribution in [1.29, 1.82) is 0 Å². The number of thiophene rings is 1. The van der Waals surface area contributed by atoms with Crippen LogP contribution in [0.5, 0.6) is 0 Å². The van der Waals surface area contributed by atoms with Gasteiger partial charge in [0, 0.05) is 51.4 Å². The second-order valence-corrected chi connectivity index (χ2v) is 7.08. The number of anilines is 1. The molecule has 5 aromatic rings. The van der Waals surface area contributed by atoms with Gasteiger partial charge in [0.25, 0.3) is 5.91 Å². The fraction of sp³-hybridized carbons (Fsp3) is 0. The minimum absolute atomic E-state index is 0.199. The molecule has 130 valence electrons. The van der Waals surface area contributed by atoms with Gasteiger partial charge in [-0.15, -0.1) is 11.3 Å². The van der Waals surface area contributed by atoms with E-state index in [9.17, 15) is 4.79 Å². The van der Waals surface area contributed by atoms with Gasteiger partial charge in [0.1, 0.15) is 5.65 Å². The van der Waals surface area contributed by atoms with Crippen molar-refractivity contribution in [3.63, 3.8) is 0 Å². The zero-order valence-electron chi connectivity index (χ0n) is 14.1. The van der Waals surface area contributed by atoms with Gasteiger partial charge in [-0.2, -0.15) is 0 Å². The fourth-order valence-corrected chi connectivity index (χ4v) is 4.12. The molecule has 4 aromatic heterocycles. The molecule has 0 aliphatic rings. The first kappa shape index (κ1) is 15.7. The van der Waals surface area contributed by atoms with Gasteiger partial charge in [0.2, 0.25) is 0 Å². The molecule has 0 saturated heterocycles. The van der Waals surface area contributed by atoms with Crippen LogP contribution < -0.4 is 5.32 Å². The molecule has 0 aliphatic heterocycles. The maximum absolute atomic E-state index is 12.5. The number of aromatic nitrogens is 3. The second kappa shape index (κ2) is 6.34. The van der Waals surface area contributed by atoms with E-state index >= 15 is 0 Å². The molecule has 5 nitrogen and oxygen atoms in total. The summed E-state index contributed by atoms with van der Waals surface area (Å²) in [5, 5.41) is 7.17. The van der Waals surface area contributed by atoms with E-state index in [1.54, 1.807) is 42.1 Å². The number of pyridine rings is 2. The third-order valence-electron chi connectivity index (χ3n) is 4.49. The van der Waals surface area contributed by atoms with E-state index in [2.05, 4.69) is 43.8 Å². The fourth-order valence-electron chi connectivity index (χ4n) is 3.15. The molecule has 6 heteroatoms. The van der Waals surface area contributed by atoms with Crippen molar-refractivity contribution in [3.8, 4) is 11.1 Å². The summed E-state index contributed by atoms with van der Waals surface area (Å²) in [6, 6.07) is 13.9. The van der Waals surface area contributed by atoms with Crippen LogP contribution in [0.25, 0.3) is 32.2 Å². The summed E-state index contributed by atoms with van der Waals surface area (Å²) >= 11 is 1.72. The van der Waals surface area contributed by atoms with Crippen LogP contribution in [0.1, 0.15) is 10.4 Å². The van der Waals surface area contributed by atoms with E-state index in [-0.39, 0.29) is 5.91 Å². The van der Waals surface area contributed by atoms with Gasteiger partial charge in [-0.1, -0.05) is 18.2 Å². The van der Waals surface area contributed by atoms with E-state index in [0.717, 1.165) is 22.2 Å². The lowest BCUT2D eigenvalue weighted by Gasteiger charge is -2.05. The number of rotatable bonds is 3. The van der Waals surface area contributed by atoms with E-state index in [0.29, 0.717) is 11.3 Å². The highest BCUT2D eigenvalue weighted by atomic mass is 32.1. The van der Waals surface area contributed by atoms with Gasteiger partial charge in [-0.3, -0.25) is 9.78 Å². The Morgan fingerprint density at radius 1 is 1.07 bits per heavy atom. The summed E-state index contributed by atoms with van der Waals surface area (Å²) in [5.41, 5.74) is 4.12. The van der Waals surface area contributed by atoms with Crippen molar-refractivity contribution in [2.45, 2.75) is 0 Å². The summed E-state index contributed by atoms with van der Waals surface area (Å²) in [5.74, 6) is -0.199. The number of nitrogens with one attached hydrogen (secondary N) is 2. The van der Waals surface area contributed by atoms with Crippen LogP contribution in [-0.2, 0) is 0 Å². The molecule has 0 aliphatic carbocycles. The molecular formula is C21H14N4OS. The maximum Gasteiger partial charge on any atom is 0.257 e. The number of aromatic amines is 1. The molecule has 4 heterocycles. The molecule has 2 N–H and O–H groups in total. The van der Waals surface area contributed by atoms with Crippen molar-refractivity contribution in [2.24, 2.45) is 0 Å². The van der Waals surface area contributed by atoms with Crippen molar-refractivity contribution in [2.75, 3.05) is 5.32 Å². The predicted molar refractivity (Wildman–Crippen MR) is 109 cm³/mol. The average Bonchev–Trinajstić information content (AvgIpc) is 3.32. The molecule has 1 aromatic carbocycles. The first-order valence-corrected chi connectivity index (χ1v) is 9.33. The maximum atomic E-state index is 12.5. The molecule has 5 rings (SSSR count). The topological polar surface area (TPSA) is 70.7 Å². The van der Waals surface area contributed by atoms with Crippen LogP contribution in [-0.4, -0.2) is 20.9 Å². The van der Waals surface area contributed by atoms with E-state index in [1.165, 1.54) is 10.1 Å². The standard InChI is InChI=1S/C21H14N4OS/c26-21(13-4-3-7-22-9-13)25-18-11-24-20-16(18)8-14(10-23-20)17-12-27-19-6-2-1-5-15(17)19/h1-12H,(H,23,24)(H,25,26). The number of carbonyl (C=O) groups is 1.